The van der Waals surface area contributed by atoms with Gasteiger partial charge in [-0.3, -0.25) is 4.79 Å². The highest BCUT2D eigenvalue weighted by molar-refractivity contribution is 7.87. The van der Waals surface area contributed by atoms with Crippen molar-refractivity contribution in [3.63, 3.8) is 0 Å². The molecule has 1 aliphatic rings. The molecule has 1 saturated heterocycles. The lowest BCUT2D eigenvalue weighted by molar-refractivity contribution is -0.117. The van der Waals surface area contributed by atoms with Gasteiger partial charge in [0.25, 0.3) is 0 Å². The van der Waals surface area contributed by atoms with Crippen molar-refractivity contribution < 1.29 is 21.8 Å². The van der Waals surface area contributed by atoms with Gasteiger partial charge in [0.05, 0.1) is 0 Å². The molecule has 0 bridgehead atoms. The van der Waals surface area contributed by atoms with Crippen LogP contribution in [0.5, 0.6) is 11.6 Å². The van der Waals surface area contributed by atoms with Crippen LogP contribution in [-0.2, 0) is 15.0 Å². The Morgan fingerprint density at radius 2 is 2.04 bits per heavy atom. The number of hydrogen-bond acceptors (Lipinski definition) is 5. The number of carbonyl (C=O) groups excluding carboxylic acids is 1. The second-order valence-electron chi connectivity index (χ2n) is 5.07. The standard InChI is InChI=1S/C15H13FN2O4S/c16-23(20,21)13-9-15(19)18(10-13)11-4-3-5-12(8-11)22-14-6-1-2-7-17-14/h1-8,13H,9-10H2. The number of carbonyl (C=O) groups is 1. The molecule has 1 fully saturated rings. The van der Waals surface area contributed by atoms with Crippen molar-refractivity contribution in [3.05, 3.63) is 48.7 Å². The second-order valence-corrected chi connectivity index (χ2v) is 6.69. The number of rotatable bonds is 4. The van der Waals surface area contributed by atoms with E-state index in [2.05, 4.69) is 4.98 Å². The molecule has 2 heterocycles. The molecule has 0 aliphatic carbocycles. The first-order valence-corrected chi connectivity index (χ1v) is 8.31. The van der Waals surface area contributed by atoms with Crippen molar-refractivity contribution in [3.8, 4) is 11.6 Å². The Balaban J connectivity index is 1.81. The molecule has 1 aliphatic heterocycles. The van der Waals surface area contributed by atoms with E-state index in [4.69, 9.17) is 4.74 Å². The molecule has 8 heteroatoms. The summed E-state index contributed by atoms with van der Waals surface area (Å²) in [6.07, 6.45) is 1.23. The quantitative estimate of drug-likeness (QED) is 0.801. The van der Waals surface area contributed by atoms with Gasteiger partial charge in [0.15, 0.2) is 0 Å². The van der Waals surface area contributed by atoms with E-state index in [9.17, 15) is 17.1 Å². The number of ether oxygens (including phenoxy) is 1. The first-order chi connectivity index (χ1) is 10.9. The van der Waals surface area contributed by atoms with Crippen molar-refractivity contribution in [2.75, 3.05) is 11.4 Å². The zero-order valence-corrected chi connectivity index (χ0v) is 12.7. The summed E-state index contributed by atoms with van der Waals surface area (Å²) in [6, 6.07) is 11.8. The molecule has 0 radical (unpaired) electrons. The topological polar surface area (TPSA) is 76.6 Å². The van der Waals surface area contributed by atoms with E-state index in [-0.39, 0.29) is 13.0 Å². The molecule has 120 valence electrons. The van der Waals surface area contributed by atoms with Crippen LogP contribution in [0.1, 0.15) is 6.42 Å². The molecule has 23 heavy (non-hydrogen) atoms. The fraction of sp³-hybridized carbons (Fsp3) is 0.200. The summed E-state index contributed by atoms with van der Waals surface area (Å²) >= 11 is 0. The van der Waals surface area contributed by atoms with Gasteiger partial charge in [0.2, 0.25) is 11.8 Å². The van der Waals surface area contributed by atoms with Crippen LogP contribution in [0.3, 0.4) is 0 Å². The molecule has 1 atom stereocenters. The zero-order valence-electron chi connectivity index (χ0n) is 11.9. The summed E-state index contributed by atoms with van der Waals surface area (Å²) in [4.78, 5) is 17.2. The number of halogens is 1. The minimum atomic E-state index is -4.74. The number of hydrogen-bond donors (Lipinski definition) is 0. The summed E-state index contributed by atoms with van der Waals surface area (Å²) in [5.41, 5.74) is 0.453. The monoisotopic (exact) mass is 336 g/mol. The lowest BCUT2D eigenvalue weighted by atomic mass is 10.3. The predicted octanol–water partition coefficient (Wildman–Crippen LogP) is 2.28. The summed E-state index contributed by atoms with van der Waals surface area (Å²) in [5.74, 6) is 0.397. The highest BCUT2D eigenvalue weighted by Gasteiger charge is 2.39. The Kier molecular flexibility index (Phi) is 3.99. The van der Waals surface area contributed by atoms with E-state index in [0.29, 0.717) is 17.3 Å². The minimum absolute atomic E-state index is 0.204. The average Bonchev–Trinajstić information content (AvgIpc) is 2.91. The third-order valence-corrected chi connectivity index (χ3v) is 4.59. The van der Waals surface area contributed by atoms with Gasteiger partial charge in [-0.25, -0.2) is 4.98 Å². The van der Waals surface area contributed by atoms with Crippen LogP contribution in [0.25, 0.3) is 0 Å². The molecular weight excluding hydrogens is 323 g/mol. The number of nitrogens with zero attached hydrogens (tertiary/aromatic N) is 2. The van der Waals surface area contributed by atoms with Gasteiger partial charge >= 0.3 is 10.2 Å². The number of anilines is 1. The lowest BCUT2D eigenvalue weighted by Gasteiger charge is -2.17. The van der Waals surface area contributed by atoms with E-state index in [1.54, 1.807) is 48.7 Å². The van der Waals surface area contributed by atoms with Crippen molar-refractivity contribution in [1.82, 2.24) is 4.98 Å². The predicted molar refractivity (Wildman–Crippen MR) is 81.5 cm³/mol. The van der Waals surface area contributed by atoms with Gasteiger partial charge in [-0.05, 0) is 18.2 Å². The van der Waals surface area contributed by atoms with Crippen LogP contribution >= 0.6 is 0 Å². The maximum absolute atomic E-state index is 13.1. The average molecular weight is 336 g/mol. The fourth-order valence-electron chi connectivity index (χ4n) is 2.36. The molecule has 2 aromatic rings. The highest BCUT2D eigenvalue weighted by atomic mass is 32.3. The molecule has 1 amide bonds. The van der Waals surface area contributed by atoms with E-state index in [1.165, 1.54) is 4.90 Å². The van der Waals surface area contributed by atoms with Crippen molar-refractivity contribution in [2.24, 2.45) is 0 Å². The molecule has 1 aromatic heterocycles. The molecule has 0 saturated carbocycles. The molecular formula is C15H13FN2O4S. The van der Waals surface area contributed by atoms with Crippen LogP contribution in [0.4, 0.5) is 9.57 Å². The van der Waals surface area contributed by atoms with Crippen LogP contribution in [-0.4, -0.2) is 31.1 Å². The van der Waals surface area contributed by atoms with Crippen LogP contribution < -0.4 is 9.64 Å². The van der Waals surface area contributed by atoms with Crippen molar-refractivity contribution in [1.29, 1.82) is 0 Å². The summed E-state index contributed by atoms with van der Waals surface area (Å²) in [5, 5.41) is -1.32. The van der Waals surface area contributed by atoms with Crippen LogP contribution in [0.15, 0.2) is 48.7 Å². The maximum atomic E-state index is 13.1. The summed E-state index contributed by atoms with van der Waals surface area (Å²) in [7, 11) is -4.74. The number of pyridine rings is 1. The lowest BCUT2D eigenvalue weighted by Crippen LogP contribution is -2.26. The molecule has 1 aromatic carbocycles. The number of benzene rings is 1. The SMILES string of the molecule is O=C1CC(S(=O)(=O)F)CN1c1cccc(Oc2ccccn2)c1. The molecule has 0 N–H and O–H groups in total. The van der Waals surface area contributed by atoms with E-state index < -0.39 is 21.4 Å². The van der Waals surface area contributed by atoms with E-state index in [0.717, 1.165) is 0 Å². The van der Waals surface area contributed by atoms with Crippen LogP contribution in [0, 0.1) is 0 Å². The number of aromatic nitrogens is 1. The van der Waals surface area contributed by atoms with E-state index >= 15 is 0 Å². The first kappa shape index (κ1) is 15.4. The second kappa shape index (κ2) is 5.96. The first-order valence-electron chi connectivity index (χ1n) is 6.86. The normalized spacial score (nSPS) is 18.2. The summed E-state index contributed by atoms with van der Waals surface area (Å²) < 4.78 is 40.6. The smallest absolute Gasteiger partial charge is 0.307 e. The van der Waals surface area contributed by atoms with Gasteiger partial charge in [-0.2, -0.15) is 8.42 Å². The Labute approximate surface area is 132 Å². The van der Waals surface area contributed by atoms with Gasteiger partial charge < -0.3 is 9.64 Å². The maximum Gasteiger partial charge on any atom is 0.307 e. The van der Waals surface area contributed by atoms with E-state index in [1.807, 2.05) is 0 Å². The Morgan fingerprint density at radius 1 is 1.22 bits per heavy atom. The fourth-order valence-corrected chi connectivity index (χ4v) is 3.02. The molecule has 3 rings (SSSR count). The van der Waals surface area contributed by atoms with Gasteiger partial charge in [0.1, 0.15) is 11.0 Å². The summed E-state index contributed by atoms with van der Waals surface area (Å²) in [6.45, 7) is -0.204. The molecule has 6 nitrogen and oxygen atoms in total. The molecule has 1 unspecified atom stereocenters. The minimum Gasteiger partial charge on any atom is -0.439 e. The van der Waals surface area contributed by atoms with Crippen molar-refractivity contribution in [2.45, 2.75) is 11.7 Å². The third-order valence-electron chi connectivity index (χ3n) is 3.48. The zero-order chi connectivity index (χ0) is 16.4. The Bertz CT molecular complexity index is 826. The van der Waals surface area contributed by atoms with Crippen LogP contribution in [0.2, 0.25) is 0 Å². The Hall–Kier alpha value is -2.48. The van der Waals surface area contributed by atoms with Gasteiger partial charge in [-0.1, -0.05) is 12.1 Å². The van der Waals surface area contributed by atoms with Gasteiger partial charge in [-0.15, -0.1) is 3.89 Å². The number of amides is 1. The highest BCUT2D eigenvalue weighted by Crippen LogP contribution is 2.29. The van der Waals surface area contributed by atoms with Crippen molar-refractivity contribution >= 4 is 21.8 Å². The third kappa shape index (κ3) is 3.48. The Morgan fingerprint density at radius 3 is 2.70 bits per heavy atom. The largest absolute Gasteiger partial charge is 0.439 e. The molecule has 0 spiro atoms. The van der Waals surface area contributed by atoms with Gasteiger partial charge in [0, 0.05) is 37.0 Å².